The average molecular weight is 113 g/mol. The number of hydrogen-bond acceptors (Lipinski definition) is 2. The van der Waals surface area contributed by atoms with E-state index in [4.69, 9.17) is 5.11 Å². The molecule has 0 spiro atoms. The maximum absolute atomic E-state index is 8.22. The summed E-state index contributed by atoms with van der Waals surface area (Å²) in [6.07, 6.45) is 3.30. The minimum atomic E-state index is 0.0599. The normalized spacial score (nSPS) is 7.38. The van der Waals surface area contributed by atoms with E-state index in [1.807, 2.05) is 19.0 Å². The molecule has 0 aliphatic carbocycles. The molecule has 0 saturated heterocycles. The molecule has 1 N–H and O–H groups in total. The van der Waals surface area contributed by atoms with Gasteiger partial charge in [-0.05, 0) is 6.08 Å². The molecule has 0 aliphatic rings. The standard InChI is InChI=1S/C6H11NO/c1-7(2)5-3-4-6-8/h4-5,8H,6H2,1-2H3. The Morgan fingerprint density at radius 1 is 1.62 bits per heavy atom. The second kappa shape index (κ2) is 4.44. The summed E-state index contributed by atoms with van der Waals surface area (Å²) in [6.45, 7) is 0.0599. The summed E-state index contributed by atoms with van der Waals surface area (Å²) in [6, 6.07) is 0. The van der Waals surface area contributed by atoms with Crippen LogP contribution in [-0.4, -0.2) is 30.7 Å². The zero-order valence-corrected chi connectivity index (χ0v) is 5.26. The highest BCUT2D eigenvalue weighted by Crippen LogP contribution is 1.71. The van der Waals surface area contributed by atoms with Crippen LogP contribution >= 0.6 is 0 Å². The first-order chi connectivity index (χ1) is 3.77. The topological polar surface area (TPSA) is 23.5 Å². The lowest BCUT2D eigenvalue weighted by Crippen LogP contribution is -1.98. The Kier molecular flexibility index (Phi) is 4.04. The van der Waals surface area contributed by atoms with Crippen molar-refractivity contribution in [3.05, 3.63) is 18.0 Å². The minimum absolute atomic E-state index is 0.0599. The molecule has 0 saturated carbocycles. The summed E-state index contributed by atoms with van der Waals surface area (Å²) in [5.74, 6) is 0. The van der Waals surface area contributed by atoms with Crippen LogP contribution in [0, 0.1) is 0 Å². The predicted molar refractivity (Wildman–Crippen MR) is 33.4 cm³/mol. The van der Waals surface area contributed by atoms with E-state index >= 15 is 0 Å². The zero-order chi connectivity index (χ0) is 6.41. The molecule has 0 aromatic rings. The van der Waals surface area contributed by atoms with Gasteiger partial charge >= 0.3 is 0 Å². The van der Waals surface area contributed by atoms with Gasteiger partial charge in [-0.15, -0.1) is 5.73 Å². The number of aliphatic hydroxyl groups excluding tert-OH is 1. The van der Waals surface area contributed by atoms with Crippen LogP contribution < -0.4 is 0 Å². The van der Waals surface area contributed by atoms with E-state index in [1.165, 1.54) is 0 Å². The molecule has 0 bridgehead atoms. The van der Waals surface area contributed by atoms with Crippen molar-refractivity contribution in [1.82, 2.24) is 4.90 Å². The summed E-state index contributed by atoms with van der Waals surface area (Å²) in [5.41, 5.74) is 2.76. The molecule has 0 atom stereocenters. The molecule has 0 rings (SSSR count). The molecule has 0 aromatic carbocycles. The summed E-state index contributed by atoms with van der Waals surface area (Å²) in [4.78, 5) is 1.85. The maximum atomic E-state index is 8.22. The van der Waals surface area contributed by atoms with Crippen LogP contribution in [0.15, 0.2) is 18.0 Å². The molecule has 0 heterocycles. The molecule has 0 amide bonds. The number of aliphatic hydroxyl groups is 1. The largest absolute Gasteiger partial charge is 0.392 e. The third-order valence-corrected chi connectivity index (χ3v) is 0.542. The molecular formula is C6H11NO. The van der Waals surface area contributed by atoms with Gasteiger partial charge in [0.1, 0.15) is 0 Å². The number of hydrogen-bond donors (Lipinski definition) is 1. The first-order valence-electron chi connectivity index (χ1n) is 2.45. The van der Waals surface area contributed by atoms with Crippen molar-refractivity contribution in [2.45, 2.75) is 0 Å². The molecular weight excluding hydrogens is 102 g/mol. The van der Waals surface area contributed by atoms with E-state index in [9.17, 15) is 0 Å². The fourth-order valence-corrected chi connectivity index (χ4v) is 0.254. The quantitative estimate of drug-likeness (QED) is 0.517. The maximum Gasteiger partial charge on any atom is 0.0686 e. The summed E-state index contributed by atoms with van der Waals surface area (Å²) >= 11 is 0. The minimum Gasteiger partial charge on any atom is -0.392 e. The lowest BCUT2D eigenvalue weighted by molar-refractivity contribution is 0.343. The zero-order valence-electron chi connectivity index (χ0n) is 5.26. The van der Waals surface area contributed by atoms with Crippen molar-refractivity contribution >= 4 is 0 Å². The fraction of sp³-hybridized carbons (Fsp3) is 0.500. The molecule has 0 radical (unpaired) electrons. The van der Waals surface area contributed by atoms with Crippen LogP contribution in [0.1, 0.15) is 0 Å². The lowest BCUT2D eigenvalue weighted by Gasteiger charge is -1.98. The number of rotatable bonds is 2. The van der Waals surface area contributed by atoms with E-state index in [2.05, 4.69) is 5.73 Å². The second-order valence-corrected chi connectivity index (χ2v) is 1.65. The van der Waals surface area contributed by atoms with Crippen LogP contribution in [-0.2, 0) is 0 Å². The van der Waals surface area contributed by atoms with Gasteiger partial charge in [0.25, 0.3) is 0 Å². The Labute approximate surface area is 49.7 Å². The molecule has 2 nitrogen and oxygen atoms in total. The number of nitrogens with zero attached hydrogens (tertiary/aromatic N) is 1. The molecule has 0 aromatic heterocycles. The van der Waals surface area contributed by atoms with Crippen molar-refractivity contribution < 1.29 is 5.11 Å². The van der Waals surface area contributed by atoms with Gasteiger partial charge in [0.2, 0.25) is 0 Å². The van der Waals surface area contributed by atoms with Gasteiger partial charge < -0.3 is 10.0 Å². The monoisotopic (exact) mass is 113 g/mol. The van der Waals surface area contributed by atoms with E-state index in [-0.39, 0.29) is 6.61 Å². The van der Waals surface area contributed by atoms with E-state index < -0.39 is 0 Å². The average Bonchev–Trinajstić information content (AvgIpc) is 1.66. The van der Waals surface area contributed by atoms with Crippen LogP contribution in [0.2, 0.25) is 0 Å². The Balaban J connectivity index is 3.47. The van der Waals surface area contributed by atoms with Crippen molar-refractivity contribution in [2.75, 3.05) is 20.7 Å². The van der Waals surface area contributed by atoms with Crippen molar-refractivity contribution in [1.29, 1.82) is 0 Å². The molecule has 2 heteroatoms. The van der Waals surface area contributed by atoms with Crippen LogP contribution in [0.25, 0.3) is 0 Å². The SMILES string of the molecule is CN(C)C=C=CCO. The molecule has 46 valence electrons. The van der Waals surface area contributed by atoms with Gasteiger partial charge in [0, 0.05) is 20.3 Å². The van der Waals surface area contributed by atoms with Crippen LogP contribution in [0.3, 0.4) is 0 Å². The highest BCUT2D eigenvalue weighted by Gasteiger charge is 1.67. The van der Waals surface area contributed by atoms with Gasteiger partial charge in [-0.25, -0.2) is 0 Å². The van der Waals surface area contributed by atoms with Gasteiger partial charge in [-0.1, -0.05) is 0 Å². The summed E-state index contributed by atoms with van der Waals surface area (Å²) in [7, 11) is 3.80. The van der Waals surface area contributed by atoms with E-state index in [1.54, 1.807) is 12.3 Å². The van der Waals surface area contributed by atoms with Crippen molar-refractivity contribution in [3.8, 4) is 0 Å². The van der Waals surface area contributed by atoms with Gasteiger partial charge in [-0.2, -0.15) is 0 Å². The van der Waals surface area contributed by atoms with Gasteiger partial charge in [-0.3, -0.25) is 0 Å². The highest BCUT2D eigenvalue weighted by atomic mass is 16.2. The van der Waals surface area contributed by atoms with Crippen molar-refractivity contribution in [3.63, 3.8) is 0 Å². The Morgan fingerprint density at radius 3 is 2.62 bits per heavy atom. The molecule has 8 heavy (non-hydrogen) atoms. The first-order valence-corrected chi connectivity index (χ1v) is 2.45. The fourth-order valence-electron chi connectivity index (χ4n) is 0.254. The predicted octanol–water partition coefficient (Wildman–Crippen LogP) is 0.209. The van der Waals surface area contributed by atoms with Gasteiger partial charge in [0.15, 0.2) is 0 Å². The van der Waals surface area contributed by atoms with Crippen molar-refractivity contribution in [2.24, 2.45) is 0 Å². The van der Waals surface area contributed by atoms with E-state index in [0.29, 0.717) is 0 Å². The van der Waals surface area contributed by atoms with Gasteiger partial charge in [0.05, 0.1) is 6.61 Å². The smallest absolute Gasteiger partial charge is 0.0686 e. The summed E-state index contributed by atoms with van der Waals surface area (Å²) in [5, 5.41) is 8.22. The summed E-state index contributed by atoms with van der Waals surface area (Å²) < 4.78 is 0. The Bertz CT molecular complexity index is 101. The molecule has 0 unspecified atom stereocenters. The van der Waals surface area contributed by atoms with E-state index in [0.717, 1.165) is 0 Å². The second-order valence-electron chi connectivity index (χ2n) is 1.65. The lowest BCUT2D eigenvalue weighted by atomic mass is 10.6. The highest BCUT2D eigenvalue weighted by molar-refractivity contribution is 4.81. The third kappa shape index (κ3) is 5.28. The first kappa shape index (κ1) is 7.28. The van der Waals surface area contributed by atoms with Crippen LogP contribution in [0.4, 0.5) is 0 Å². The Hall–Kier alpha value is -0.720. The Morgan fingerprint density at radius 2 is 2.25 bits per heavy atom. The third-order valence-electron chi connectivity index (χ3n) is 0.542. The molecule has 0 fully saturated rings. The molecule has 0 aliphatic heterocycles. The van der Waals surface area contributed by atoms with Crippen LogP contribution in [0.5, 0.6) is 0 Å².